The zero-order valence-electron chi connectivity index (χ0n) is 4.13. The Morgan fingerprint density at radius 3 is 0.889 bits per heavy atom. The van der Waals surface area contributed by atoms with E-state index in [0.717, 1.165) is 0 Å². The molecule has 0 saturated heterocycles. The maximum Gasteiger partial charge on any atom is 0.635 e. The summed E-state index contributed by atoms with van der Waals surface area (Å²) in [7, 11) is 7.74. The van der Waals surface area contributed by atoms with Gasteiger partial charge < -0.3 is 16.5 Å². The van der Waals surface area contributed by atoms with E-state index in [1.807, 2.05) is 0 Å². The molecule has 9 heavy (non-hydrogen) atoms. The van der Waals surface area contributed by atoms with Crippen molar-refractivity contribution < 1.29 is 16.5 Å². The molecule has 12 radical (unpaired) electrons. The van der Waals surface area contributed by atoms with Gasteiger partial charge in [0.05, 0.1) is 0 Å². The van der Waals surface area contributed by atoms with E-state index >= 15 is 0 Å². The molecule has 0 N–H and O–H groups in total. The Labute approximate surface area is 67.9 Å². The highest BCUT2D eigenvalue weighted by molar-refractivity contribution is 6.66. The fourth-order valence-corrected chi connectivity index (χ4v) is 3.38. The highest BCUT2D eigenvalue weighted by atomic mass is 28.5. The molecule has 9 heteroatoms. The second kappa shape index (κ2) is 4.70. The molecular weight excluding hydrogens is 204 g/mol. The Morgan fingerprint density at radius 1 is 0.667 bits per heavy atom. The van der Waals surface area contributed by atoms with Gasteiger partial charge in [-0.1, -0.05) is 0 Å². The normalized spacial score (nSPS) is 12.0. The second-order valence-electron chi connectivity index (χ2n) is 0.908. The molecule has 44 valence electrons. The summed E-state index contributed by atoms with van der Waals surface area (Å²) in [5, 5.41) is 0. The van der Waals surface area contributed by atoms with Crippen LogP contribution in [0.4, 0.5) is 0 Å². The average molecular weight is 204 g/mol. The van der Waals surface area contributed by atoms with Crippen LogP contribution >= 0.6 is 0 Å². The third-order valence-corrected chi connectivity index (χ3v) is 4.50. The fourth-order valence-electron chi connectivity index (χ4n) is 0.125. The Balaban J connectivity index is 3.82. The van der Waals surface area contributed by atoms with E-state index in [1.165, 1.54) is 0 Å². The van der Waals surface area contributed by atoms with Crippen LogP contribution < -0.4 is 0 Å². The fraction of sp³-hybridized carbons (Fsp3) is 0. The first kappa shape index (κ1) is 9.92. The van der Waals surface area contributed by atoms with Gasteiger partial charge in [-0.15, -0.1) is 0 Å². The van der Waals surface area contributed by atoms with Crippen LogP contribution in [0.2, 0.25) is 0 Å². The van der Waals surface area contributed by atoms with E-state index in [1.54, 1.807) is 0 Å². The minimum Gasteiger partial charge on any atom is -0.395 e. The van der Waals surface area contributed by atoms with Crippen molar-refractivity contribution in [2.75, 3.05) is 0 Å². The SMILES string of the molecule is [Si]O[Si](O[Si])(O[Si])O[Si]. The van der Waals surface area contributed by atoms with E-state index in [9.17, 15) is 0 Å². The lowest BCUT2D eigenvalue weighted by molar-refractivity contribution is 0.189. The summed E-state index contributed by atoms with van der Waals surface area (Å²) in [5.41, 5.74) is 0. The van der Waals surface area contributed by atoms with E-state index in [4.69, 9.17) is 0 Å². The summed E-state index contributed by atoms with van der Waals surface area (Å²) in [5.74, 6) is 0. The van der Waals surface area contributed by atoms with Gasteiger partial charge in [-0.2, -0.15) is 0 Å². The van der Waals surface area contributed by atoms with Crippen molar-refractivity contribution >= 4 is 51.0 Å². The molecule has 0 amide bonds. The van der Waals surface area contributed by atoms with Crippen LogP contribution in [0.25, 0.3) is 0 Å². The van der Waals surface area contributed by atoms with Crippen LogP contribution in [-0.4, -0.2) is 51.0 Å². The molecule has 0 fully saturated rings. The van der Waals surface area contributed by atoms with Crippen molar-refractivity contribution in [3.8, 4) is 0 Å². The van der Waals surface area contributed by atoms with Gasteiger partial charge >= 0.3 is 9.05 Å². The van der Waals surface area contributed by atoms with Gasteiger partial charge in [0.2, 0.25) is 41.9 Å². The monoisotopic (exact) mass is 204 g/mol. The van der Waals surface area contributed by atoms with Crippen molar-refractivity contribution in [1.82, 2.24) is 0 Å². The van der Waals surface area contributed by atoms with Gasteiger partial charge in [0, 0.05) is 0 Å². The topological polar surface area (TPSA) is 36.9 Å². The lowest BCUT2D eigenvalue weighted by Gasteiger charge is -2.21. The van der Waals surface area contributed by atoms with Gasteiger partial charge in [-0.25, -0.2) is 0 Å². The molecule has 0 aliphatic rings. The van der Waals surface area contributed by atoms with Gasteiger partial charge in [0.15, 0.2) is 0 Å². The molecule has 0 atom stereocenters. The Kier molecular flexibility index (Phi) is 5.18. The zero-order chi connectivity index (χ0) is 7.33. The molecule has 0 saturated carbocycles. The average Bonchev–Trinajstić information content (AvgIpc) is 1.95. The van der Waals surface area contributed by atoms with E-state index in [-0.39, 0.29) is 0 Å². The predicted molar refractivity (Wildman–Crippen MR) is 33.1 cm³/mol. The van der Waals surface area contributed by atoms with Gasteiger partial charge in [-0.3, -0.25) is 0 Å². The second-order valence-corrected chi connectivity index (χ2v) is 5.17. The quantitative estimate of drug-likeness (QED) is 0.488. The molecule has 0 spiro atoms. The van der Waals surface area contributed by atoms with Crippen LogP contribution in [-0.2, 0) is 16.5 Å². The first-order valence-electron chi connectivity index (χ1n) is 1.63. The largest absolute Gasteiger partial charge is 0.635 e. The van der Waals surface area contributed by atoms with Crippen LogP contribution in [0, 0.1) is 0 Å². The minimum atomic E-state index is -3.04. The Morgan fingerprint density at radius 2 is 0.889 bits per heavy atom. The molecule has 0 bridgehead atoms. The number of hydrogen-bond donors (Lipinski definition) is 0. The van der Waals surface area contributed by atoms with Crippen LogP contribution in [0.15, 0.2) is 0 Å². The summed E-state index contributed by atoms with van der Waals surface area (Å²) in [6, 6.07) is 0. The molecule has 0 aromatic rings. The van der Waals surface area contributed by atoms with Crippen molar-refractivity contribution in [2.24, 2.45) is 0 Å². The molecule has 4 nitrogen and oxygen atoms in total. The highest BCUT2D eigenvalue weighted by Gasteiger charge is 2.38. The molecule has 0 aromatic carbocycles. The Bertz CT molecular complexity index is 51.8. The third-order valence-electron chi connectivity index (χ3n) is 0.500. The Hall–Kier alpha value is 0.924. The summed E-state index contributed by atoms with van der Waals surface area (Å²) in [4.78, 5) is 0. The molecule has 0 aliphatic carbocycles. The first-order valence-corrected chi connectivity index (χ1v) is 4.90. The van der Waals surface area contributed by atoms with Crippen molar-refractivity contribution in [3.63, 3.8) is 0 Å². The van der Waals surface area contributed by atoms with Gasteiger partial charge in [0.1, 0.15) is 0 Å². The van der Waals surface area contributed by atoms with Crippen LogP contribution in [0.3, 0.4) is 0 Å². The zero-order valence-corrected chi connectivity index (χ0v) is 9.13. The summed E-state index contributed by atoms with van der Waals surface area (Å²) in [6.07, 6.45) is 0. The third kappa shape index (κ3) is 2.56. The molecule has 0 heterocycles. The van der Waals surface area contributed by atoms with Crippen molar-refractivity contribution in [3.05, 3.63) is 0 Å². The number of rotatable bonds is 4. The molecule has 0 aliphatic heterocycles. The van der Waals surface area contributed by atoms with E-state index < -0.39 is 9.05 Å². The molecule has 0 aromatic heterocycles. The smallest absolute Gasteiger partial charge is 0.395 e. The molecule has 0 rings (SSSR count). The first-order chi connectivity index (χ1) is 4.24. The predicted octanol–water partition coefficient (Wildman–Crippen LogP) is -2.18. The van der Waals surface area contributed by atoms with Crippen LogP contribution in [0.1, 0.15) is 0 Å². The van der Waals surface area contributed by atoms with Crippen molar-refractivity contribution in [1.29, 1.82) is 0 Å². The highest BCUT2D eigenvalue weighted by Crippen LogP contribution is 2.02. The summed E-state index contributed by atoms with van der Waals surface area (Å²) in [6.45, 7) is 0. The summed E-state index contributed by atoms with van der Waals surface area (Å²) >= 11 is 0. The number of hydrogen-bond acceptors (Lipinski definition) is 4. The van der Waals surface area contributed by atoms with E-state index in [2.05, 4.69) is 58.4 Å². The standard InChI is InChI=1S/O4Si5/c5-1-9(2-6,3-7)4-8. The maximum absolute atomic E-state index is 4.52. The summed E-state index contributed by atoms with van der Waals surface area (Å²) < 4.78 is 18.1. The lowest BCUT2D eigenvalue weighted by atomic mass is 15.6. The van der Waals surface area contributed by atoms with Gasteiger partial charge in [-0.05, 0) is 0 Å². The minimum absolute atomic E-state index is 2.69. The lowest BCUT2D eigenvalue weighted by Crippen LogP contribution is -2.46. The van der Waals surface area contributed by atoms with Crippen LogP contribution in [0.5, 0.6) is 0 Å². The molecule has 0 unspecified atom stereocenters. The molecular formula is O4Si5. The van der Waals surface area contributed by atoms with Gasteiger partial charge in [0.25, 0.3) is 0 Å². The van der Waals surface area contributed by atoms with E-state index in [0.29, 0.717) is 0 Å². The van der Waals surface area contributed by atoms with Crippen molar-refractivity contribution in [2.45, 2.75) is 0 Å². The maximum atomic E-state index is 4.52.